The highest BCUT2D eigenvalue weighted by Crippen LogP contribution is 2.32. The van der Waals surface area contributed by atoms with E-state index in [1.54, 1.807) is 32.4 Å². The predicted octanol–water partition coefficient (Wildman–Crippen LogP) is 4.29. The van der Waals surface area contributed by atoms with Gasteiger partial charge in [-0.15, -0.1) is 0 Å². The number of rotatable bonds is 5. The normalized spacial score (nSPS) is 12.0. The molecular weight excluding hydrogens is 311 g/mol. The first kappa shape index (κ1) is 16.0. The Balaban J connectivity index is 2.21. The van der Waals surface area contributed by atoms with E-state index in [1.807, 2.05) is 18.2 Å². The molecule has 2 aromatic rings. The van der Waals surface area contributed by atoms with Gasteiger partial charge in [-0.05, 0) is 35.4 Å². The molecule has 0 fully saturated rings. The van der Waals surface area contributed by atoms with Crippen molar-refractivity contribution in [2.75, 3.05) is 14.2 Å². The van der Waals surface area contributed by atoms with E-state index in [-0.39, 0.29) is 0 Å². The summed E-state index contributed by atoms with van der Waals surface area (Å²) in [5.41, 5.74) is 1.57. The van der Waals surface area contributed by atoms with Crippen molar-refractivity contribution in [1.29, 1.82) is 0 Å². The van der Waals surface area contributed by atoms with E-state index in [2.05, 4.69) is 0 Å². The minimum absolute atomic E-state index is 0.418. The van der Waals surface area contributed by atoms with Crippen LogP contribution in [0.5, 0.6) is 11.5 Å². The zero-order chi connectivity index (χ0) is 15.4. The predicted molar refractivity (Wildman–Crippen MR) is 84.7 cm³/mol. The third-order valence-electron chi connectivity index (χ3n) is 3.20. The minimum atomic E-state index is -0.715. The fourth-order valence-corrected chi connectivity index (χ4v) is 2.65. The lowest BCUT2D eigenvalue weighted by atomic mass is 10.0. The Hall–Kier alpha value is -1.42. The van der Waals surface area contributed by atoms with Crippen LogP contribution >= 0.6 is 23.2 Å². The largest absolute Gasteiger partial charge is 0.493 e. The Labute approximate surface area is 134 Å². The summed E-state index contributed by atoms with van der Waals surface area (Å²) in [7, 11) is 3.16. The number of aliphatic hydroxyl groups excluding tert-OH is 1. The Bertz CT molecular complexity index is 629. The van der Waals surface area contributed by atoms with Gasteiger partial charge in [0.25, 0.3) is 0 Å². The van der Waals surface area contributed by atoms with E-state index < -0.39 is 6.10 Å². The average Bonchev–Trinajstić information content (AvgIpc) is 2.46. The van der Waals surface area contributed by atoms with Gasteiger partial charge in [0.1, 0.15) is 0 Å². The molecule has 0 radical (unpaired) electrons. The van der Waals surface area contributed by atoms with Crippen LogP contribution in [-0.4, -0.2) is 19.3 Å². The maximum absolute atomic E-state index is 10.3. The highest BCUT2D eigenvalue weighted by atomic mass is 35.5. The third kappa shape index (κ3) is 3.82. The Morgan fingerprint density at radius 3 is 2.33 bits per heavy atom. The molecule has 0 aliphatic rings. The van der Waals surface area contributed by atoms with Crippen molar-refractivity contribution in [3.05, 3.63) is 57.6 Å². The molecule has 0 amide bonds. The van der Waals surface area contributed by atoms with Gasteiger partial charge in [0.15, 0.2) is 11.5 Å². The number of halogens is 2. The summed E-state index contributed by atoms with van der Waals surface area (Å²) in [6, 6.07) is 10.6. The van der Waals surface area contributed by atoms with Gasteiger partial charge in [0.05, 0.1) is 20.3 Å². The lowest BCUT2D eigenvalue weighted by Gasteiger charge is -2.14. The van der Waals surface area contributed by atoms with Gasteiger partial charge in [0, 0.05) is 16.5 Å². The highest BCUT2D eigenvalue weighted by Gasteiger charge is 2.14. The fourth-order valence-electron chi connectivity index (χ4n) is 2.11. The SMILES string of the molecule is COc1ccc(CC(O)c2ccc(Cl)cc2Cl)cc1OC. The van der Waals surface area contributed by atoms with Crippen molar-refractivity contribution in [2.45, 2.75) is 12.5 Å². The summed E-state index contributed by atoms with van der Waals surface area (Å²) < 4.78 is 10.4. The number of ether oxygens (including phenoxy) is 2. The molecule has 0 bridgehead atoms. The highest BCUT2D eigenvalue weighted by molar-refractivity contribution is 6.35. The Morgan fingerprint density at radius 2 is 1.71 bits per heavy atom. The number of hydrogen-bond acceptors (Lipinski definition) is 3. The van der Waals surface area contributed by atoms with Crippen LogP contribution in [0.3, 0.4) is 0 Å². The lowest BCUT2D eigenvalue weighted by molar-refractivity contribution is 0.178. The van der Waals surface area contributed by atoms with E-state index in [0.29, 0.717) is 33.5 Å². The summed E-state index contributed by atoms with van der Waals surface area (Å²) in [6.07, 6.45) is -0.297. The van der Waals surface area contributed by atoms with Crippen molar-refractivity contribution in [1.82, 2.24) is 0 Å². The lowest BCUT2D eigenvalue weighted by Crippen LogP contribution is -2.03. The standard InChI is InChI=1S/C16H16Cl2O3/c1-20-15-6-3-10(8-16(15)21-2)7-14(19)12-5-4-11(17)9-13(12)18/h3-6,8-9,14,19H,7H2,1-2H3. The molecule has 1 N–H and O–H groups in total. The second-order valence-corrected chi connectivity index (χ2v) is 5.42. The molecule has 2 aromatic carbocycles. The number of benzene rings is 2. The van der Waals surface area contributed by atoms with E-state index in [1.165, 1.54) is 0 Å². The van der Waals surface area contributed by atoms with Crippen LogP contribution in [0, 0.1) is 0 Å². The monoisotopic (exact) mass is 326 g/mol. The summed E-state index contributed by atoms with van der Waals surface area (Å²) in [6.45, 7) is 0. The fraction of sp³-hybridized carbons (Fsp3) is 0.250. The zero-order valence-corrected chi connectivity index (χ0v) is 13.3. The first-order valence-corrected chi connectivity index (χ1v) is 7.14. The first-order chi connectivity index (χ1) is 10.0. The summed E-state index contributed by atoms with van der Waals surface area (Å²) in [5, 5.41) is 11.3. The Kier molecular flexibility index (Phi) is 5.34. The van der Waals surface area contributed by atoms with Crippen molar-refractivity contribution < 1.29 is 14.6 Å². The van der Waals surface area contributed by atoms with Gasteiger partial charge < -0.3 is 14.6 Å². The number of aliphatic hydroxyl groups is 1. The second-order valence-electron chi connectivity index (χ2n) is 4.58. The molecule has 0 heterocycles. The Morgan fingerprint density at radius 1 is 1.00 bits per heavy atom. The summed E-state index contributed by atoms with van der Waals surface area (Å²) in [5.74, 6) is 1.28. The van der Waals surface area contributed by atoms with Gasteiger partial charge in [-0.1, -0.05) is 35.3 Å². The van der Waals surface area contributed by atoms with Crippen LogP contribution < -0.4 is 9.47 Å². The third-order valence-corrected chi connectivity index (χ3v) is 3.76. The molecule has 3 nitrogen and oxygen atoms in total. The van der Waals surface area contributed by atoms with Gasteiger partial charge >= 0.3 is 0 Å². The topological polar surface area (TPSA) is 38.7 Å². The molecule has 112 valence electrons. The van der Waals surface area contributed by atoms with Crippen molar-refractivity contribution in [2.24, 2.45) is 0 Å². The number of methoxy groups -OCH3 is 2. The minimum Gasteiger partial charge on any atom is -0.493 e. The van der Waals surface area contributed by atoms with Crippen LogP contribution in [0.2, 0.25) is 10.0 Å². The molecule has 0 saturated carbocycles. The smallest absolute Gasteiger partial charge is 0.160 e. The average molecular weight is 327 g/mol. The summed E-state index contributed by atoms with van der Waals surface area (Å²) in [4.78, 5) is 0. The van der Waals surface area contributed by atoms with E-state index in [4.69, 9.17) is 32.7 Å². The maximum Gasteiger partial charge on any atom is 0.160 e. The van der Waals surface area contributed by atoms with Gasteiger partial charge in [-0.25, -0.2) is 0 Å². The summed E-state index contributed by atoms with van der Waals surface area (Å²) >= 11 is 12.0. The van der Waals surface area contributed by atoms with E-state index in [0.717, 1.165) is 5.56 Å². The van der Waals surface area contributed by atoms with Crippen LogP contribution in [0.1, 0.15) is 17.2 Å². The molecule has 1 unspecified atom stereocenters. The number of hydrogen-bond donors (Lipinski definition) is 1. The van der Waals surface area contributed by atoms with Gasteiger partial charge in [-0.2, -0.15) is 0 Å². The van der Waals surface area contributed by atoms with E-state index >= 15 is 0 Å². The molecule has 21 heavy (non-hydrogen) atoms. The van der Waals surface area contributed by atoms with Crippen molar-refractivity contribution in [3.63, 3.8) is 0 Å². The zero-order valence-electron chi connectivity index (χ0n) is 11.8. The van der Waals surface area contributed by atoms with E-state index in [9.17, 15) is 5.11 Å². The van der Waals surface area contributed by atoms with Crippen molar-refractivity contribution in [3.8, 4) is 11.5 Å². The van der Waals surface area contributed by atoms with Gasteiger partial charge in [-0.3, -0.25) is 0 Å². The molecule has 2 rings (SSSR count). The van der Waals surface area contributed by atoms with Crippen LogP contribution in [0.25, 0.3) is 0 Å². The molecule has 0 aromatic heterocycles. The molecule has 0 aliphatic carbocycles. The molecule has 0 saturated heterocycles. The molecule has 0 aliphatic heterocycles. The quantitative estimate of drug-likeness (QED) is 0.890. The molecular formula is C16H16Cl2O3. The maximum atomic E-state index is 10.3. The molecule has 1 atom stereocenters. The van der Waals surface area contributed by atoms with Crippen LogP contribution in [0.15, 0.2) is 36.4 Å². The van der Waals surface area contributed by atoms with Crippen LogP contribution in [-0.2, 0) is 6.42 Å². The van der Waals surface area contributed by atoms with Crippen LogP contribution in [0.4, 0.5) is 0 Å². The van der Waals surface area contributed by atoms with Crippen molar-refractivity contribution >= 4 is 23.2 Å². The molecule has 0 spiro atoms. The first-order valence-electron chi connectivity index (χ1n) is 6.39. The van der Waals surface area contributed by atoms with Gasteiger partial charge in [0.2, 0.25) is 0 Å². The molecule has 5 heteroatoms. The second kappa shape index (κ2) is 7.03.